The van der Waals surface area contributed by atoms with E-state index >= 15 is 0 Å². The number of anilines is 1. The van der Waals surface area contributed by atoms with Gasteiger partial charge in [0.25, 0.3) is 0 Å². The number of piperazine rings is 1. The van der Waals surface area contributed by atoms with Gasteiger partial charge in [0.2, 0.25) is 5.91 Å². The van der Waals surface area contributed by atoms with E-state index in [0.717, 1.165) is 32.5 Å². The Bertz CT molecular complexity index is 502. The maximum Gasteiger partial charge on any atom is 0.220 e. The van der Waals surface area contributed by atoms with Crippen LogP contribution in [-0.4, -0.2) is 36.0 Å². The second kappa shape index (κ2) is 4.80. The maximum absolute atomic E-state index is 11.7. The average Bonchev–Trinajstić information content (AvgIpc) is 3.18. The Balaban J connectivity index is 1.75. The fraction of sp³-hybridized carbons (Fsp3) is 0.588. The van der Waals surface area contributed by atoms with E-state index in [1.807, 2.05) is 0 Å². The molecule has 1 aromatic rings. The molecular formula is C17H24N2O. The number of nitrogens with zero attached hydrogens (tertiary/aromatic N) is 2. The number of hydrogen-bond donors (Lipinski definition) is 0. The molecule has 1 aromatic carbocycles. The molecule has 1 saturated heterocycles. The molecule has 20 heavy (non-hydrogen) atoms. The van der Waals surface area contributed by atoms with Crippen LogP contribution in [0.3, 0.4) is 0 Å². The first-order valence-electron chi connectivity index (χ1n) is 7.65. The summed E-state index contributed by atoms with van der Waals surface area (Å²) in [5, 5.41) is 0. The van der Waals surface area contributed by atoms with Crippen LogP contribution in [0.2, 0.25) is 0 Å². The van der Waals surface area contributed by atoms with Crippen LogP contribution in [0, 0.1) is 0 Å². The molecular weight excluding hydrogens is 248 g/mol. The standard InChI is InChI=1S/C17H24N2O/c1-13(2)15-4-6-16(7-5-15)18-10-11-19(14(3)20)17(12-18)8-9-17/h4-7,13H,8-12H2,1-3H3. The molecule has 0 radical (unpaired) electrons. The lowest BCUT2D eigenvalue weighted by Crippen LogP contribution is -2.56. The lowest BCUT2D eigenvalue weighted by atomic mass is 10.0. The quantitative estimate of drug-likeness (QED) is 0.826. The third kappa shape index (κ3) is 2.30. The van der Waals surface area contributed by atoms with Gasteiger partial charge in [0, 0.05) is 32.2 Å². The van der Waals surface area contributed by atoms with E-state index in [-0.39, 0.29) is 11.4 Å². The lowest BCUT2D eigenvalue weighted by Gasteiger charge is -2.43. The van der Waals surface area contributed by atoms with Crippen LogP contribution in [0.15, 0.2) is 24.3 Å². The van der Waals surface area contributed by atoms with Crippen molar-refractivity contribution in [2.75, 3.05) is 24.5 Å². The zero-order chi connectivity index (χ0) is 14.3. The highest BCUT2D eigenvalue weighted by Gasteiger charge is 2.52. The van der Waals surface area contributed by atoms with Crippen LogP contribution in [-0.2, 0) is 4.79 Å². The average molecular weight is 272 g/mol. The summed E-state index contributed by atoms with van der Waals surface area (Å²) in [7, 11) is 0. The van der Waals surface area contributed by atoms with Crippen LogP contribution >= 0.6 is 0 Å². The maximum atomic E-state index is 11.7. The summed E-state index contributed by atoms with van der Waals surface area (Å²) >= 11 is 0. The molecule has 0 aromatic heterocycles. The van der Waals surface area contributed by atoms with E-state index in [2.05, 4.69) is 47.9 Å². The Kier molecular flexibility index (Phi) is 3.23. The molecule has 1 aliphatic heterocycles. The van der Waals surface area contributed by atoms with Crippen LogP contribution in [0.4, 0.5) is 5.69 Å². The molecule has 3 nitrogen and oxygen atoms in total. The minimum Gasteiger partial charge on any atom is -0.367 e. The van der Waals surface area contributed by atoms with Crippen LogP contribution < -0.4 is 4.90 Å². The molecule has 3 rings (SSSR count). The molecule has 0 N–H and O–H groups in total. The molecule has 2 aliphatic rings. The van der Waals surface area contributed by atoms with Crippen molar-refractivity contribution in [1.29, 1.82) is 0 Å². The van der Waals surface area contributed by atoms with Gasteiger partial charge >= 0.3 is 0 Å². The third-order valence-electron chi connectivity index (χ3n) is 4.78. The van der Waals surface area contributed by atoms with Crippen molar-refractivity contribution < 1.29 is 4.79 Å². The van der Waals surface area contributed by atoms with Crippen molar-refractivity contribution in [3.63, 3.8) is 0 Å². The van der Waals surface area contributed by atoms with Gasteiger partial charge in [-0.3, -0.25) is 4.79 Å². The minimum absolute atomic E-state index is 0.140. The zero-order valence-corrected chi connectivity index (χ0v) is 12.7. The van der Waals surface area contributed by atoms with Crippen molar-refractivity contribution in [3.8, 4) is 0 Å². The number of benzene rings is 1. The highest BCUT2D eigenvalue weighted by molar-refractivity contribution is 5.75. The van der Waals surface area contributed by atoms with Gasteiger partial charge in [0.15, 0.2) is 0 Å². The van der Waals surface area contributed by atoms with Crippen molar-refractivity contribution in [1.82, 2.24) is 4.90 Å². The Hall–Kier alpha value is -1.51. The van der Waals surface area contributed by atoms with Gasteiger partial charge in [0.1, 0.15) is 0 Å². The van der Waals surface area contributed by atoms with Gasteiger partial charge in [-0.1, -0.05) is 26.0 Å². The fourth-order valence-electron chi connectivity index (χ4n) is 3.33. The largest absolute Gasteiger partial charge is 0.367 e. The monoisotopic (exact) mass is 272 g/mol. The number of carbonyl (C=O) groups is 1. The smallest absolute Gasteiger partial charge is 0.220 e. The third-order valence-corrected chi connectivity index (χ3v) is 4.78. The molecule has 1 spiro atoms. The van der Waals surface area contributed by atoms with Gasteiger partial charge in [-0.2, -0.15) is 0 Å². The lowest BCUT2D eigenvalue weighted by molar-refractivity contribution is -0.132. The molecule has 3 heteroatoms. The molecule has 1 saturated carbocycles. The first-order chi connectivity index (χ1) is 9.52. The minimum atomic E-state index is 0.140. The number of amides is 1. The van der Waals surface area contributed by atoms with E-state index in [1.54, 1.807) is 6.92 Å². The van der Waals surface area contributed by atoms with Crippen molar-refractivity contribution >= 4 is 11.6 Å². The highest BCUT2D eigenvalue weighted by atomic mass is 16.2. The van der Waals surface area contributed by atoms with Crippen LogP contribution in [0.5, 0.6) is 0 Å². The van der Waals surface area contributed by atoms with Crippen molar-refractivity contribution in [2.24, 2.45) is 0 Å². The molecule has 0 atom stereocenters. The fourth-order valence-corrected chi connectivity index (χ4v) is 3.33. The summed E-state index contributed by atoms with van der Waals surface area (Å²) in [5.41, 5.74) is 2.82. The zero-order valence-electron chi connectivity index (χ0n) is 12.7. The number of rotatable bonds is 2. The summed E-state index contributed by atoms with van der Waals surface area (Å²) in [4.78, 5) is 16.3. The molecule has 1 heterocycles. The normalized spacial score (nSPS) is 20.6. The van der Waals surface area contributed by atoms with Gasteiger partial charge in [-0.15, -0.1) is 0 Å². The predicted molar refractivity (Wildman–Crippen MR) is 82.1 cm³/mol. The summed E-state index contributed by atoms with van der Waals surface area (Å²) in [6, 6.07) is 8.93. The Morgan fingerprint density at radius 3 is 2.30 bits per heavy atom. The molecule has 1 amide bonds. The topological polar surface area (TPSA) is 23.6 Å². The Morgan fingerprint density at radius 2 is 1.80 bits per heavy atom. The highest BCUT2D eigenvalue weighted by Crippen LogP contribution is 2.45. The van der Waals surface area contributed by atoms with E-state index in [9.17, 15) is 4.79 Å². The molecule has 0 unspecified atom stereocenters. The van der Waals surface area contributed by atoms with Crippen molar-refractivity contribution in [2.45, 2.75) is 45.1 Å². The summed E-state index contributed by atoms with van der Waals surface area (Å²) in [6.45, 7) is 8.95. The van der Waals surface area contributed by atoms with Crippen LogP contribution in [0.1, 0.15) is 45.1 Å². The summed E-state index contributed by atoms with van der Waals surface area (Å²) < 4.78 is 0. The first-order valence-corrected chi connectivity index (χ1v) is 7.65. The predicted octanol–water partition coefficient (Wildman–Crippen LogP) is 3.01. The molecule has 0 bridgehead atoms. The van der Waals surface area contributed by atoms with Gasteiger partial charge in [0.05, 0.1) is 5.54 Å². The SMILES string of the molecule is CC(=O)N1CCN(c2ccc(C(C)C)cc2)CC12CC2. The molecule has 1 aliphatic carbocycles. The Morgan fingerprint density at radius 1 is 1.15 bits per heavy atom. The summed E-state index contributed by atoms with van der Waals surface area (Å²) in [6.07, 6.45) is 2.32. The number of hydrogen-bond acceptors (Lipinski definition) is 2. The number of carbonyl (C=O) groups excluding carboxylic acids is 1. The molecule has 2 fully saturated rings. The Labute approximate surface area is 121 Å². The van der Waals surface area contributed by atoms with Gasteiger partial charge in [-0.25, -0.2) is 0 Å². The van der Waals surface area contributed by atoms with Gasteiger partial charge < -0.3 is 9.80 Å². The first kappa shape index (κ1) is 13.5. The summed E-state index contributed by atoms with van der Waals surface area (Å²) in [5.74, 6) is 0.811. The molecule has 108 valence electrons. The van der Waals surface area contributed by atoms with E-state index in [1.165, 1.54) is 11.3 Å². The van der Waals surface area contributed by atoms with Crippen LogP contribution in [0.25, 0.3) is 0 Å². The van der Waals surface area contributed by atoms with E-state index in [0.29, 0.717) is 5.92 Å². The van der Waals surface area contributed by atoms with Gasteiger partial charge in [-0.05, 0) is 36.5 Å². The van der Waals surface area contributed by atoms with Crippen molar-refractivity contribution in [3.05, 3.63) is 29.8 Å². The second-order valence-electron chi connectivity index (χ2n) is 6.56. The second-order valence-corrected chi connectivity index (χ2v) is 6.56. The van der Waals surface area contributed by atoms with E-state index in [4.69, 9.17) is 0 Å². The van der Waals surface area contributed by atoms with E-state index < -0.39 is 0 Å².